The molecule has 21 heavy (non-hydrogen) atoms. The fourth-order valence-corrected chi connectivity index (χ4v) is 3.72. The van der Waals surface area contributed by atoms with Gasteiger partial charge in [-0.3, -0.25) is 0 Å². The van der Waals surface area contributed by atoms with E-state index >= 15 is 0 Å². The van der Waals surface area contributed by atoms with Crippen LogP contribution in [0, 0.1) is 29.1 Å². The van der Waals surface area contributed by atoms with Crippen LogP contribution in [0.2, 0.25) is 0 Å². The lowest BCUT2D eigenvalue weighted by molar-refractivity contribution is 0.0924. The average molecular weight is 294 g/mol. The monoisotopic (exact) mass is 293 g/mol. The lowest BCUT2D eigenvalue weighted by atomic mass is 9.64. The molecule has 0 bridgehead atoms. The zero-order chi connectivity index (χ0) is 16.0. The Labute approximate surface area is 134 Å². The maximum Gasteiger partial charge on any atom is -0.00178 e. The fourth-order valence-electron chi connectivity index (χ4n) is 3.72. The quantitative estimate of drug-likeness (QED) is 0.597. The third kappa shape index (κ3) is 7.00. The van der Waals surface area contributed by atoms with Gasteiger partial charge in [-0.25, -0.2) is 0 Å². The predicted molar refractivity (Wildman–Crippen MR) is 95.5 cm³/mol. The summed E-state index contributed by atoms with van der Waals surface area (Å²) in [6, 6.07) is 0. The second-order valence-electron chi connectivity index (χ2n) is 8.94. The number of hydrogen-bond acceptors (Lipinski definition) is 1. The molecule has 1 aliphatic rings. The second kappa shape index (κ2) is 8.36. The molecule has 1 nitrogen and oxygen atoms in total. The highest BCUT2D eigenvalue weighted by molar-refractivity contribution is 4.92. The van der Waals surface area contributed by atoms with E-state index in [0.29, 0.717) is 5.41 Å². The molecule has 0 aromatic rings. The molecule has 0 spiro atoms. The van der Waals surface area contributed by atoms with Gasteiger partial charge >= 0.3 is 0 Å². The van der Waals surface area contributed by atoms with Crippen LogP contribution >= 0.6 is 0 Å². The third-order valence-electron chi connectivity index (χ3n) is 5.27. The highest BCUT2D eigenvalue weighted by Crippen LogP contribution is 2.44. The summed E-state index contributed by atoms with van der Waals surface area (Å²) in [6.07, 6.45) is 6.80. The van der Waals surface area contributed by atoms with E-state index in [-0.39, 0.29) is 0 Å². The molecule has 1 aliphatic carbocycles. The Hall–Kier alpha value is -0.300. The topological polar surface area (TPSA) is 12.0 Å². The van der Waals surface area contributed by atoms with Gasteiger partial charge in [-0.05, 0) is 81.2 Å². The molecular weight excluding hydrogens is 254 g/mol. The lowest BCUT2D eigenvalue weighted by Gasteiger charge is -2.42. The van der Waals surface area contributed by atoms with Crippen molar-refractivity contribution in [2.75, 3.05) is 13.1 Å². The van der Waals surface area contributed by atoms with Crippen LogP contribution in [0.25, 0.3) is 0 Å². The summed E-state index contributed by atoms with van der Waals surface area (Å²) in [6.45, 7) is 20.5. The van der Waals surface area contributed by atoms with Crippen molar-refractivity contribution in [3.63, 3.8) is 0 Å². The summed E-state index contributed by atoms with van der Waals surface area (Å²) < 4.78 is 0. The van der Waals surface area contributed by atoms with Crippen molar-refractivity contribution >= 4 is 0 Å². The molecule has 0 aromatic carbocycles. The van der Waals surface area contributed by atoms with Gasteiger partial charge in [0.25, 0.3) is 0 Å². The van der Waals surface area contributed by atoms with Crippen molar-refractivity contribution in [1.82, 2.24) is 5.32 Å². The molecule has 124 valence electrons. The first kappa shape index (κ1) is 18.7. The molecule has 1 heteroatoms. The largest absolute Gasteiger partial charge is 0.316 e. The number of rotatable bonds is 7. The maximum absolute atomic E-state index is 4.10. The summed E-state index contributed by atoms with van der Waals surface area (Å²) in [5.74, 6) is 3.42. The summed E-state index contributed by atoms with van der Waals surface area (Å²) in [4.78, 5) is 0. The van der Waals surface area contributed by atoms with Crippen molar-refractivity contribution in [1.29, 1.82) is 0 Å². The number of hydrogen-bond donors (Lipinski definition) is 1. The molecule has 3 unspecified atom stereocenters. The van der Waals surface area contributed by atoms with Crippen LogP contribution in [0.15, 0.2) is 12.2 Å². The van der Waals surface area contributed by atoms with E-state index in [0.717, 1.165) is 30.2 Å². The molecule has 0 aliphatic heterocycles. The minimum absolute atomic E-state index is 0.470. The Bertz CT molecular complexity index is 310. The Morgan fingerprint density at radius 3 is 2.38 bits per heavy atom. The van der Waals surface area contributed by atoms with E-state index in [1.165, 1.54) is 44.2 Å². The highest BCUT2D eigenvalue weighted by Gasteiger charge is 2.35. The Kier molecular flexibility index (Phi) is 7.47. The van der Waals surface area contributed by atoms with Crippen molar-refractivity contribution in [3.05, 3.63) is 12.2 Å². The molecule has 0 amide bonds. The minimum Gasteiger partial charge on any atom is -0.316 e. The molecule has 0 radical (unpaired) electrons. The first-order chi connectivity index (χ1) is 9.70. The molecule has 1 N–H and O–H groups in total. The molecule has 0 saturated heterocycles. The van der Waals surface area contributed by atoms with Crippen molar-refractivity contribution < 1.29 is 0 Å². The van der Waals surface area contributed by atoms with Crippen LogP contribution in [-0.4, -0.2) is 13.1 Å². The van der Waals surface area contributed by atoms with E-state index in [4.69, 9.17) is 0 Å². The predicted octanol–water partition coefficient (Wildman–Crippen LogP) is 5.67. The first-order valence-corrected chi connectivity index (χ1v) is 9.05. The zero-order valence-corrected chi connectivity index (χ0v) is 15.5. The molecule has 3 atom stereocenters. The summed E-state index contributed by atoms with van der Waals surface area (Å²) in [7, 11) is 0. The van der Waals surface area contributed by atoms with Gasteiger partial charge in [-0.15, -0.1) is 6.58 Å². The van der Waals surface area contributed by atoms with Crippen molar-refractivity contribution in [3.8, 4) is 0 Å². The second-order valence-corrected chi connectivity index (χ2v) is 8.94. The normalized spacial score (nSPS) is 27.1. The standard InChI is InChI=1S/C20H39N/c1-15(2)8-9-17-12-19(20(5,6)7)11-10-18(17)14-21-13-16(3)4/h16-19,21H,1,8-14H2,2-7H3. The Morgan fingerprint density at radius 2 is 1.86 bits per heavy atom. The molecule has 0 aromatic heterocycles. The van der Waals surface area contributed by atoms with E-state index in [1.54, 1.807) is 0 Å². The summed E-state index contributed by atoms with van der Waals surface area (Å²) in [5, 5.41) is 3.70. The molecule has 1 fully saturated rings. The lowest BCUT2D eigenvalue weighted by Crippen LogP contribution is -2.37. The van der Waals surface area contributed by atoms with Crippen molar-refractivity contribution in [2.45, 2.75) is 73.6 Å². The summed E-state index contributed by atoms with van der Waals surface area (Å²) in [5.41, 5.74) is 1.82. The minimum atomic E-state index is 0.470. The van der Waals surface area contributed by atoms with Gasteiger partial charge in [-0.2, -0.15) is 0 Å². The van der Waals surface area contributed by atoms with Gasteiger partial charge in [0.1, 0.15) is 0 Å². The Morgan fingerprint density at radius 1 is 1.19 bits per heavy atom. The average Bonchev–Trinajstić information content (AvgIpc) is 2.35. The maximum atomic E-state index is 4.10. The summed E-state index contributed by atoms with van der Waals surface area (Å²) >= 11 is 0. The molecule has 1 rings (SSSR count). The van der Waals surface area contributed by atoms with Crippen LogP contribution in [0.5, 0.6) is 0 Å². The van der Waals surface area contributed by atoms with Gasteiger partial charge in [0.15, 0.2) is 0 Å². The van der Waals surface area contributed by atoms with Gasteiger partial charge in [0.2, 0.25) is 0 Å². The van der Waals surface area contributed by atoms with E-state index in [2.05, 4.69) is 53.4 Å². The van der Waals surface area contributed by atoms with Crippen LogP contribution in [0.1, 0.15) is 73.6 Å². The van der Waals surface area contributed by atoms with Gasteiger partial charge in [-0.1, -0.05) is 40.2 Å². The molecule has 1 saturated carbocycles. The van der Waals surface area contributed by atoms with Crippen LogP contribution in [-0.2, 0) is 0 Å². The highest BCUT2D eigenvalue weighted by atomic mass is 14.9. The number of nitrogens with one attached hydrogen (secondary N) is 1. The van der Waals surface area contributed by atoms with E-state index in [1.807, 2.05) is 0 Å². The SMILES string of the molecule is C=C(C)CCC1CC(C(C)(C)C)CCC1CNCC(C)C. The van der Waals surface area contributed by atoms with Crippen molar-refractivity contribution in [2.24, 2.45) is 29.1 Å². The first-order valence-electron chi connectivity index (χ1n) is 9.05. The number of allylic oxidation sites excluding steroid dienone is 1. The van der Waals surface area contributed by atoms with Crippen LogP contribution in [0.3, 0.4) is 0 Å². The van der Waals surface area contributed by atoms with Gasteiger partial charge in [0, 0.05) is 0 Å². The van der Waals surface area contributed by atoms with Gasteiger partial charge in [0.05, 0.1) is 0 Å². The fraction of sp³-hybridized carbons (Fsp3) is 0.900. The Balaban J connectivity index is 2.57. The van der Waals surface area contributed by atoms with Crippen LogP contribution < -0.4 is 5.32 Å². The van der Waals surface area contributed by atoms with Gasteiger partial charge < -0.3 is 5.32 Å². The smallest absolute Gasteiger partial charge is 0.00178 e. The van der Waals surface area contributed by atoms with Crippen LogP contribution in [0.4, 0.5) is 0 Å². The molecular formula is C20H39N. The zero-order valence-electron chi connectivity index (χ0n) is 15.5. The third-order valence-corrected chi connectivity index (χ3v) is 5.27. The van der Waals surface area contributed by atoms with E-state index < -0.39 is 0 Å². The van der Waals surface area contributed by atoms with E-state index in [9.17, 15) is 0 Å². The molecule has 0 heterocycles.